The van der Waals surface area contributed by atoms with E-state index in [1.165, 1.54) is 4.90 Å². The Morgan fingerprint density at radius 2 is 1.83 bits per heavy atom. The van der Waals surface area contributed by atoms with Crippen LogP contribution in [0.5, 0.6) is 0 Å². The highest BCUT2D eigenvalue weighted by Gasteiger charge is 2.43. The van der Waals surface area contributed by atoms with Gasteiger partial charge in [0.1, 0.15) is 5.54 Å². The molecule has 8 nitrogen and oxygen atoms in total. The van der Waals surface area contributed by atoms with Crippen molar-refractivity contribution in [2.24, 2.45) is 0 Å². The van der Waals surface area contributed by atoms with E-state index in [1.54, 1.807) is 25.6 Å². The first-order valence-electron chi connectivity index (χ1n) is 7.32. The molecule has 0 aliphatic carbocycles. The molecule has 11 heteroatoms. The van der Waals surface area contributed by atoms with Crippen molar-refractivity contribution in [3.63, 3.8) is 0 Å². The number of carbonyl (C=O) groups excluding carboxylic acids is 2. The van der Waals surface area contributed by atoms with Crippen LogP contribution in [0.2, 0.25) is 10.6 Å². The third-order valence-corrected chi connectivity index (χ3v) is 4.63. The molecule has 3 amide bonds. The maximum absolute atomic E-state index is 12.0. The molecule has 2 N–H and O–H groups in total. The van der Waals surface area contributed by atoms with Crippen molar-refractivity contribution in [3.05, 3.63) is 10.6 Å². The summed E-state index contributed by atoms with van der Waals surface area (Å²) >= 11 is 13.1. The van der Waals surface area contributed by atoms with E-state index in [0.717, 1.165) is 17.9 Å². The summed E-state index contributed by atoms with van der Waals surface area (Å²) in [5.41, 5.74) is -0.804. The number of amides is 3. The van der Waals surface area contributed by atoms with Crippen LogP contribution in [0.3, 0.4) is 0 Å². The zero-order valence-electron chi connectivity index (χ0n) is 13.3. The second-order valence-electron chi connectivity index (χ2n) is 5.60. The molecular formula is C13H18Cl2N6O2S. The van der Waals surface area contributed by atoms with Gasteiger partial charge in [0.05, 0.1) is 0 Å². The lowest BCUT2D eigenvalue weighted by Gasteiger charge is -2.15. The average Bonchev–Trinajstić information content (AvgIpc) is 2.66. The van der Waals surface area contributed by atoms with Crippen LogP contribution in [-0.2, 0) is 4.79 Å². The van der Waals surface area contributed by atoms with Gasteiger partial charge in [0.25, 0.3) is 5.91 Å². The third kappa shape index (κ3) is 5.09. The lowest BCUT2D eigenvalue weighted by Crippen LogP contribution is -2.40. The number of anilines is 1. The second-order valence-corrected chi connectivity index (χ2v) is 7.50. The Morgan fingerprint density at radius 3 is 2.42 bits per heavy atom. The van der Waals surface area contributed by atoms with Gasteiger partial charge in [-0.25, -0.2) is 4.79 Å². The summed E-state index contributed by atoms with van der Waals surface area (Å²) in [5.74, 6) is 1.80. The Morgan fingerprint density at radius 1 is 1.17 bits per heavy atom. The van der Waals surface area contributed by atoms with E-state index in [-0.39, 0.29) is 22.5 Å². The Labute approximate surface area is 154 Å². The van der Waals surface area contributed by atoms with Crippen molar-refractivity contribution in [1.82, 2.24) is 25.2 Å². The zero-order valence-corrected chi connectivity index (χ0v) is 15.6. The average molecular weight is 393 g/mol. The van der Waals surface area contributed by atoms with Crippen molar-refractivity contribution >= 4 is 52.9 Å². The fourth-order valence-electron chi connectivity index (χ4n) is 2.09. The fourth-order valence-corrected chi connectivity index (χ4v) is 3.23. The maximum Gasteiger partial charge on any atom is 0.325 e. The monoisotopic (exact) mass is 392 g/mol. The molecule has 1 aromatic rings. The predicted octanol–water partition coefficient (Wildman–Crippen LogP) is 2.04. The Balaban J connectivity index is 1.60. The van der Waals surface area contributed by atoms with Gasteiger partial charge in [-0.3, -0.25) is 9.69 Å². The summed E-state index contributed by atoms with van der Waals surface area (Å²) in [6, 6.07) is -0.319. The summed E-state index contributed by atoms with van der Waals surface area (Å²) in [5, 5.41) is 5.75. The quantitative estimate of drug-likeness (QED) is 0.515. The van der Waals surface area contributed by atoms with Gasteiger partial charge in [-0.1, -0.05) is 0 Å². The van der Waals surface area contributed by atoms with Crippen molar-refractivity contribution in [3.8, 4) is 0 Å². The minimum absolute atomic E-state index is 0.0432. The summed E-state index contributed by atoms with van der Waals surface area (Å²) in [4.78, 5) is 36.4. The summed E-state index contributed by atoms with van der Waals surface area (Å²) in [6.07, 6.45) is 0.739. The first kappa shape index (κ1) is 19.0. The fraction of sp³-hybridized carbons (Fsp3) is 0.615. The van der Waals surface area contributed by atoms with Gasteiger partial charge in [0, 0.05) is 18.8 Å². The van der Waals surface area contributed by atoms with Gasteiger partial charge in [0.15, 0.2) is 0 Å². The SMILES string of the molecule is CC1(C)NC(=O)N(CCCSCCNc2nc(Cl)nc(Cl)n2)C1=O. The standard InChI is InChI=1S/C13H18Cl2N6O2S/c1-13(2)8(22)21(12(23)20-13)5-3-6-24-7-4-16-11-18-9(14)17-10(15)19-11/h3-7H2,1-2H3,(H,20,23)(H,16,17,18,19). The topological polar surface area (TPSA) is 100 Å². The maximum atomic E-state index is 12.0. The number of halogens is 2. The molecule has 0 bridgehead atoms. The van der Waals surface area contributed by atoms with E-state index in [1.807, 2.05) is 0 Å². The second kappa shape index (κ2) is 8.17. The van der Waals surface area contributed by atoms with E-state index in [4.69, 9.17) is 23.2 Å². The number of hydrogen-bond donors (Lipinski definition) is 2. The number of nitrogens with one attached hydrogen (secondary N) is 2. The number of aromatic nitrogens is 3. The van der Waals surface area contributed by atoms with Crippen LogP contribution in [0.1, 0.15) is 20.3 Å². The number of imide groups is 1. The predicted molar refractivity (Wildman–Crippen MR) is 94.6 cm³/mol. The molecule has 2 rings (SSSR count). The molecule has 1 aromatic heterocycles. The van der Waals surface area contributed by atoms with Crippen molar-refractivity contribution in [2.45, 2.75) is 25.8 Å². The summed E-state index contributed by atoms with van der Waals surface area (Å²) in [7, 11) is 0. The molecule has 0 atom stereocenters. The Hall–Kier alpha value is -1.32. The summed E-state index contributed by atoms with van der Waals surface area (Å²) < 4.78 is 0. The molecular weight excluding hydrogens is 375 g/mol. The van der Waals surface area contributed by atoms with Gasteiger partial charge < -0.3 is 10.6 Å². The molecule has 132 valence electrons. The number of thioether (sulfide) groups is 1. The minimum Gasteiger partial charge on any atom is -0.353 e. The van der Waals surface area contributed by atoms with E-state index in [2.05, 4.69) is 25.6 Å². The molecule has 0 saturated carbocycles. The number of carbonyl (C=O) groups is 2. The highest BCUT2D eigenvalue weighted by atomic mass is 35.5. The Bertz CT molecular complexity index is 610. The number of hydrogen-bond acceptors (Lipinski definition) is 7. The van der Waals surface area contributed by atoms with Crippen LogP contribution < -0.4 is 10.6 Å². The van der Waals surface area contributed by atoms with Gasteiger partial charge >= 0.3 is 6.03 Å². The van der Waals surface area contributed by atoms with Crippen LogP contribution >= 0.6 is 35.0 Å². The lowest BCUT2D eigenvalue weighted by molar-refractivity contribution is -0.130. The smallest absolute Gasteiger partial charge is 0.325 e. The van der Waals surface area contributed by atoms with Crippen LogP contribution in [0, 0.1) is 0 Å². The minimum atomic E-state index is -0.804. The van der Waals surface area contributed by atoms with Crippen molar-refractivity contribution in [2.75, 3.05) is 29.9 Å². The van der Waals surface area contributed by atoms with Gasteiger partial charge in [0.2, 0.25) is 16.5 Å². The number of nitrogens with zero attached hydrogens (tertiary/aromatic N) is 4. The molecule has 0 aromatic carbocycles. The Kier molecular flexibility index (Phi) is 6.47. The van der Waals surface area contributed by atoms with Crippen LogP contribution in [0.4, 0.5) is 10.7 Å². The third-order valence-electron chi connectivity index (χ3n) is 3.23. The molecule has 0 radical (unpaired) electrons. The largest absolute Gasteiger partial charge is 0.353 e. The highest BCUT2D eigenvalue weighted by molar-refractivity contribution is 7.99. The zero-order chi connectivity index (χ0) is 17.7. The summed E-state index contributed by atoms with van der Waals surface area (Å²) in [6.45, 7) is 4.46. The molecule has 2 heterocycles. The molecule has 1 aliphatic rings. The van der Waals surface area contributed by atoms with Gasteiger partial charge in [-0.2, -0.15) is 26.7 Å². The molecule has 24 heavy (non-hydrogen) atoms. The van der Waals surface area contributed by atoms with Crippen molar-refractivity contribution in [1.29, 1.82) is 0 Å². The van der Waals surface area contributed by atoms with E-state index < -0.39 is 5.54 Å². The molecule has 1 saturated heterocycles. The van der Waals surface area contributed by atoms with Crippen LogP contribution in [0.25, 0.3) is 0 Å². The lowest BCUT2D eigenvalue weighted by atomic mass is 10.1. The van der Waals surface area contributed by atoms with Crippen LogP contribution in [-0.4, -0.2) is 61.9 Å². The van der Waals surface area contributed by atoms with Gasteiger partial charge in [-0.15, -0.1) is 0 Å². The molecule has 0 spiro atoms. The number of urea groups is 1. The normalized spacial score (nSPS) is 16.4. The number of rotatable bonds is 8. The highest BCUT2D eigenvalue weighted by Crippen LogP contribution is 2.17. The van der Waals surface area contributed by atoms with E-state index in [0.29, 0.717) is 19.0 Å². The first-order chi connectivity index (χ1) is 11.3. The molecule has 1 aliphatic heterocycles. The van der Waals surface area contributed by atoms with E-state index in [9.17, 15) is 9.59 Å². The molecule has 1 fully saturated rings. The first-order valence-corrected chi connectivity index (χ1v) is 9.23. The molecule has 0 unspecified atom stereocenters. The van der Waals surface area contributed by atoms with E-state index >= 15 is 0 Å². The van der Waals surface area contributed by atoms with Crippen molar-refractivity contribution < 1.29 is 9.59 Å². The van der Waals surface area contributed by atoms with Crippen LogP contribution in [0.15, 0.2) is 0 Å². The van der Waals surface area contributed by atoms with Gasteiger partial charge in [-0.05, 0) is 49.2 Å².